The molecule has 0 saturated carbocycles. The lowest BCUT2D eigenvalue weighted by molar-refractivity contribution is -0.137. The number of rotatable bonds is 6. The Kier molecular flexibility index (Phi) is 5.34. The molecule has 0 aromatic carbocycles. The minimum atomic E-state index is -0.824. The number of carboxylic acid groups (broad SMARTS) is 1. The second-order valence-electron chi connectivity index (χ2n) is 3.53. The highest BCUT2D eigenvalue weighted by Crippen LogP contribution is 2.07. The largest absolute Gasteiger partial charge is 0.481 e. The van der Waals surface area contributed by atoms with Gasteiger partial charge < -0.3 is 10.4 Å². The van der Waals surface area contributed by atoms with E-state index in [2.05, 4.69) is 20.8 Å². The van der Waals surface area contributed by atoms with Crippen LogP contribution in [0.1, 0.15) is 26.2 Å². The van der Waals surface area contributed by atoms with Gasteiger partial charge in [-0.3, -0.25) is 10.1 Å². The first kappa shape index (κ1) is 13.4. The first-order chi connectivity index (χ1) is 8.08. The van der Waals surface area contributed by atoms with Gasteiger partial charge in [0.2, 0.25) is 5.13 Å². The molecular weight excluding hydrogens is 244 g/mol. The molecule has 0 bridgehead atoms. The second-order valence-corrected chi connectivity index (χ2v) is 4.36. The Bertz CT molecular complexity index is 368. The van der Waals surface area contributed by atoms with E-state index in [1.807, 2.05) is 6.92 Å². The van der Waals surface area contributed by atoms with Crippen molar-refractivity contribution in [1.82, 2.24) is 15.5 Å². The highest BCUT2D eigenvalue weighted by molar-refractivity contribution is 7.13. The van der Waals surface area contributed by atoms with Gasteiger partial charge >= 0.3 is 12.0 Å². The van der Waals surface area contributed by atoms with Crippen LogP contribution in [0.3, 0.4) is 0 Å². The fraction of sp³-hybridized carbons (Fsp3) is 0.556. The van der Waals surface area contributed by atoms with Crippen LogP contribution in [0.4, 0.5) is 9.93 Å². The van der Waals surface area contributed by atoms with Crippen molar-refractivity contribution < 1.29 is 14.7 Å². The SMILES string of the molecule is CC(CCCC(=O)O)NC(=O)Nc1nncs1. The molecule has 0 aliphatic rings. The van der Waals surface area contributed by atoms with Gasteiger partial charge in [-0.2, -0.15) is 0 Å². The molecule has 1 atom stereocenters. The number of aliphatic carboxylic acids is 1. The number of nitrogens with one attached hydrogen (secondary N) is 2. The number of carbonyl (C=O) groups excluding carboxylic acids is 1. The van der Waals surface area contributed by atoms with Crippen LogP contribution in [0, 0.1) is 0 Å². The average Bonchev–Trinajstić information content (AvgIpc) is 2.69. The smallest absolute Gasteiger partial charge is 0.321 e. The summed E-state index contributed by atoms with van der Waals surface area (Å²) in [6.45, 7) is 1.82. The van der Waals surface area contributed by atoms with Gasteiger partial charge in [-0.1, -0.05) is 11.3 Å². The van der Waals surface area contributed by atoms with Crippen LogP contribution in [-0.4, -0.2) is 33.3 Å². The number of anilines is 1. The van der Waals surface area contributed by atoms with Crippen LogP contribution in [0.5, 0.6) is 0 Å². The van der Waals surface area contributed by atoms with Gasteiger partial charge in [0, 0.05) is 12.5 Å². The van der Waals surface area contributed by atoms with E-state index in [1.54, 1.807) is 0 Å². The highest BCUT2D eigenvalue weighted by atomic mass is 32.1. The van der Waals surface area contributed by atoms with Gasteiger partial charge in [0.25, 0.3) is 0 Å². The minimum Gasteiger partial charge on any atom is -0.481 e. The molecule has 1 aromatic heterocycles. The third kappa shape index (κ3) is 5.81. The first-order valence-corrected chi connectivity index (χ1v) is 6.01. The van der Waals surface area contributed by atoms with Crippen LogP contribution in [0.25, 0.3) is 0 Å². The molecule has 3 N–H and O–H groups in total. The molecule has 0 aliphatic heterocycles. The third-order valence-electron chi connectivity index (χ3n) is 1.99. The Hall–Kier alpha value is -1.70. The molecule has 1 heterocycles. The molecule has 94 valence electrons. The number of nitrogens with zero attached hydrogens (tertiary/aromatic N) is 2. The summed E-state index contributed by atoms with van der Waals surface area (Å²) in [7, 11) is 0. The number of aromatic nitrogens is 2. The van der Waals surface area contributed by atoms with Gasteiger partial charge in [0.05, 0.1) is 0 Å². The molecule has 1 aromatic rings. The molecule has 0 spiro atoms. The van der Waals surface area contributed by atoms with Gasteiger partial charge in [0.1, 0.15) is 5.51 Å². The van der Waals surface area contributed by atoms with E-state index >= 15 is 0 Å². The summed E-state index contributed by atoms with van der Waals surface area (Å²) in [5.74, 6) is -0.824. The molecule has 2 amide bonds. The molecule has 0 aliphatic carbocycles. The highest BCUT2D eigenvalue weighted by Gasteiger charge is 2.09. The van der Waals surface area contributed by atoms with Crippen LogP contribution in [0.2, 0.25) is 0 Å². The van der Waals surface area contributed by atoms with Crippen molar-refractivity contribution in [1.29, 1.82) is 0 Å². The summed E-state index contributed by atoms with van der Waals surface area (Å²) in [5.41, 5.74) is 1.52. The molecule has 0 fully saturated rings. The zero-order valence-electron chi connectivity index (χ0n) is 9.34. The van der Waals surface area contributed by atoms with Crippen molar-refractivity contribution in [2.75, 3.05) is 5.32 Å². The fourth-order valence-corrected chi connectivity index (χ4v) is 1.66. The summed E-state index contributed by atoms with van der Waals surface area (Å²) in [6.07, 6.45) is 1.27. The number of hydrogen-bond acceptors (Lipinski definition) is 5. The number of carboxylic acids is 1. The monoisotopic (exact) mass is 258 g/mol. The van der Waals surface area contributed by atoms with Crippen LogP contribution in [0.15, 0.2) is 5.51 Å². The lowest BCUT2D eigenvalue weighted by Gasteiger charge is -2.12. The number of urea groups is 1. The molecule has 0 saturated heterocycles. The lowest BCUT2D eigenvalue weighted by Crippen LogP contribution is -2.36. The van der Waals surface area contributed by atoms with E-state index in [9.17, 15) is 9.59 Å². The van der Waals surface area contributed by atoms with Crippen LogP contribution >= 0.6 is 11.3 Å². The van der Waals surface area contributed by atoms with Crippen LogP contribution in [-0.2, 0) is 4.79 Å². The van der Waals surface area contributed by atoms with E-state index in [1.165, 1.54) is 16.8 Å². The van der Waals surface area contributed by atoms with Crippen molar-refractivity contribution in [2.45, 2.75) is 32.2 Å². The first-order valence-electron chi connectivity index (χ1n) is 5.13. The molecule has 1 rings (SSSR count). The van der Waals surface area contributed by atoms with Crippen molar-refractivity contribution in [3.05, 3.63) is 5.51 Å². The van der Waals surface area contributed by atoms with Gasteiger partial charge in [-0.25, -0.2) is 4.79 Å². The second kappa shape index (κ2) is 6.79. The van der Waals surface area contributed by atoms with Crippen molar-refractivity contribution in [3.8, 4) is 0 Å². The van der Waals surface area contributed by atoms with E-state index in [-0.39, 0.29) is 18.5 Å². The maximum atomic E-state index is 11.4. The summed E-state index contributed by atoms with van der Waals surface area (Å²) in [4.78, 5) is 21.7. The summed E-state index contributed by atoms with van der Waals surface area (Å²) in [5, 5.41) is 21.4. The molecule has 7 nitrogen and oxygen atoms in total. The van der Waals surface area contributed by atoms with Crippen molar-refractivity contribution >= 4 is 28.5 Å². The summed E-state index contributed by atoms with van der Waals surface area (Å²) < 4.78 is 0. The van der Waals surface area contributed by atoms with Gasteiger partial charge in [-0.15, -0.1) is 10.2 Å². The Morgan fingerprint density at radius 2 is 2.35 bits per heavy atom. The zero-order chi connectivity index (χ0) is 12.7. The maximum absolute atomic E-state index is 11.4. The third-order valence-corrected chi connectivity index (χ3v) is 2.59. The van der Waals surface area contributed by atoms with E-state index in [4.69, 9.17) is 5.11 Å². The summed E-state index contributed by atoms with van der Waals surface area (Å²) in [6, 6.07) is -0.438. The number of amides is 2. The Morgan fingerprint density at radius 3 is 2.94 bits per heavy atom. The Balaban J connectivity index is 2.19. The van der Waals surface area contributed by atoms with E-state index < -0.39 is 5.97 Å². The molecule has 17 heavy (non-hydrogen) atoms. The fourth-order valence-electron chi connectivity index (χ4n) is 1.22. The predicted octanol–water partition coefficient (Wildman–Crippen LogP) is 1.30. The Morgan fingerprint density at radius 1 is 1.59 bits per heavy atom. The number of carbonyl (C=O) groups is 2. The molecule has 8 heteroatoms. The van der Waals surface area contributed by atoms with Gasteiger partial charge in [0.15, 0.2) is 0 Å². The maximum Gasteiger partial charge on any atom is 0.321 e. The number of hydrogen-bond donors (Lipinski definition) is 3. The molecule has 1 unspecified atom stereocenters. The van der Waals surface area contributed by atoms with Crippen LogP contribution < -0.4 is 10.6 Å². The Labute approximate surface area is 102 Å². The van der Waals surface area contributed by atoms with E-state index in [0.29, 0.717) is 18.0 Å². The standard InChI is InChI=1S/C9H14N4O3S/c1-6(3-2-4-7(14)15)11-8(16)12-9-13-10-5-17-9/h5-6H,2-4H2,1H3,(H,14,15)(H2,11,12,13,16). The molecule has 0 radical (unpaired) electrons. The summed E-state index contributed by atoms with van der Waals surface area (Å²) >= 11 is 1.23. The van der Waals surface area contributed by atoms with Gasteiger partial charge in [-0.05, 0) is 19.8 Å². The zero-order valence-corrected chi connectivity index (χ0v) is 10.2. The van der Waals surface area contributed by atoms with Crippen molar-refractivity contribution in [2.24, 2.45) is 0 Å². The molecular formula is C9H14N4O3S. The van der Waals surface area contributed by atoms with Crippen molar-refractivity contribution in [3.63, 3.8) is 0 Å². The van der Waals surface area contributed by atoms with E-state index in [0.717, 1.165) is 0 Å². The lowest BCUT2D eigenvalue weighted by atomic mass is 10.1. The minimum absolute atomic E-state index is 0.0812. The predicted molar refractivity (Wildman–Crippen MR) is 63.0 cm³/mol. The normalized spacial score (nSPS) is 11.8. The topological polar surface area (TPSA) is 104 Å². The quantitative estimate of drug-likeness (QED) is 0.713. The average molecular weight is 258 g/mol.